The van der Waals surface area contributed by atoms with Gasteiger partial charge in [-0.05, 0) is 81.2 Å². The van der Waals surface area contributed by atoms with E-state index in [1.165, 1.54) is 18.2 Å². The summed E-state index contributed by atoms with van der Waals surface area (Å²) < 4.78 is 34.3. The minimum absolute atomic E-state index is 0.113. The molecule has 1 aromatic heterocycles. The van der Waals surface area contributed by atoms with Crippen molar-refractivity contribution >= 4 is 5.91 Å². The van der Waals surface area contributed by atoms with Gasteiger partial charge in [0.2, 0.25) is 0 Å². The van der Waals surface area contributed by atoms with Crippen LogP contribution in [0, 0.1) is 17.0 Å². The Morgan fingerprint density at radius 2 is 1.81 bits per heavy atom. The second-order valence-corrected chi connectivity index (χ2v) is 9.66. The Morgan fingerprint density at radius 1 is 1.06 bits per heavy atom. The molecule has 2 saturated heterocycles. The van der Waals surface area contributed by atoms with Crippen LogP contribution in [-0.4, -0.2) is 46.5 Å². The molecule has 0 unspecified atom stereocenters. The minimum Gasteiger partial charge on any atom is -0.453 e. The Bertz CT molecular complexity index is 963. The zero-order valence-corrected chi connectivity index (χ0v) is 18.2. The summed E-state index contributed by atoms with van der Waals surface area (Å²) in [4.78, 5) is 17.0. The lowest BCUT2D eigenvalue weighted by Crippen LogP contribution is -2.42. The molecule has 1 spiro atoms. The first kappa shape index (κ1) is 21.6. The van der Waals surface area contributed by atoms with Crippen LogP contribution < -0.4 is 0 Å². The lowest BCUT2D eigenvalue weighted by Gasteiger charge is -2.42. The molecule has 2 aliphatic heterocycles. The average Bonchev–Trinajstić information content (AvgIpc) is 3.54. The molecule has 5 rings (SSSR count). The van der Waals surface area contributed by atoms with Gasteiger partial charge in [-0.2, -0.15) is 0 Å². The van der Waals surface area contributed by atoms with E-state index in [0.29, 0.717) is 18.3 Å². The van der Waals surface area contributed by atoms with Gasteiger partial charge in [0.05, 0.1) is 0 Å². The third-order valence-electron chi connectivity index (χ3n) is 7.87. The smallest absolute Gasteiger partial charge is 0.289 e. The first-order chi connectivity index (χ1) is 15.5. The van der Waals surface area contributed by atoms with Gasteiger partial charge in [0.1, 0.15) is 24.0 Å². The van der Waals surface area contributed by atoms with Gasteiger partial charge >= 0.3 is 0 Å². The van der Waals surface area contributed by atoms with Crippen molar-refractivity contribution in [1.82, 2.24) is 9.80 Å². The van der Waals surface area contributed by atoms with Crippen molar-refractivity contribution in [3.8, 4) is 0 Å². The molecule has 1 N–H and O–H groups in total. The van der Waals surface area contributed by atoms with Crippen LogP contribution in [0.5, 0.6) is 0 Å². The number of carbonyl (C=O) groups is 1. The highest BCUT2D eigenvalue weighted by Gasteiger charge is 2.45. The molecule has 3 heterocycles. The molecule has 32 heavy (non-hydrogen) atoms. The standard InChI is InChI=1S/C25H30F2N2O3/c26-19-3-1-4-20(27)23(19)21-5-2-13-29(21)17-8-10-25(11-9-17)12-14-28(16-25)24(31)22-7-6-18(15-30)32-22/h1,3-4,6-7,17,21,30H,2,5,8-16H2/t17?,21-,25?/m1/s1. The fourth-order valence-corrected chi connectivity index (χ4v) is 6.16. The van der Waals surface area contributed by atoms with Crippen molar-refractivity contribution in [2.75, 3.05) is 19.6 Å². The number of rotatable bonds is 4. The van der Waals surface area contributed by atoms with E-state index in [4.69, 9.17) is 9.52 Å². The van der Waals surface area contributed by atoms with E-state index in [9.17, 15) is 13.6 Å². The predicted octanol–water partition coefficient (Wildman–Crippen LogP) is 4.66. The van der Waals surface area contributed by atoms with Gasteiger partial charge in [-0.25, -0.2) is 8.78 Å². The summed E-state index contributed by atoms with van der Waals surface area (Å²) in [6, 6.07) is 7.55. The van der Waals surface area contributed by atoms with Crippen molar-refractivity contribution in [2.24, 2.45) is 5.41 Å². The van der Waals surface area contributed by atoms with E-state index in [-0.39, 0.29) is 35.3 Å². The molecule has 0 radical (unpaired) electrons. The van der Waals surface area contributed by atoms with Gasteiger partial charge in [-0.15, -0.1) is 0 Å². The number of aliphatic hydroxyl groups excluding tert-OH is 1. The maximum atomic E-state index is 14.4. The lowest BCUT2D eigenvalue weighted by molar-refractivity contribution is 0.0650. The van der Waals surface area contributed by atoms with Crippen LogP contribution in [0.25, 0.3) is 0 Å². The van der Waals surface area contributed by atoms with Crippen molar-refractivity contribution in [2.45, 2.75) is 63.6 Å². The quantitative estimate of drug-likeness (QED) is 0.745. The first-order valence-electron chi connectivity index (χ1n) is 11.7. The summed E-state index contributed by atoms with van der Waals surface area (Å²) in [5.74, 6) is -0.318. The maximum Gasteiger partial charge on any atom is 0.289 e. The Labute approximate surface area is 187 Å². The van der Waals surface area contributed by atoms with Gasteiger partial charge in [-0.3, -0.25) is 9.69 Å². The van der Waals surface area contributed by atoms with Crippen LogP contribution in [0.4, 0.5) is 8.78 Å². The van der Waals surface area contributed by atoms with Gasteiger partial charge in [0.15, 0.2) is 5.76 Å². The summed E-state index contributed by atoms with van der Waals surface area (Å²) in [6.45, 7) is 2.10. The normalized spacial score (nSPS) is 28.7. The Morgan fingerprint density at radius 3 is 2.50 bits per heavy atom. The molecule has 1 aliphatic carbocycles. The van der Waals surface area contributed by atoms with Crippen LogP contribution >= 0.6 is 0 Å². The second-order valence-electron chi connectivity index (χ2n) is 9.66. The molecule has 3 fully saturated rings. The third-order valence-corrected chi connectivity index (χ3v) is 7.87. The highest BCUT2D eigenvalue weighted by atomic mass is 19.1. The largest absolute Gasteiger partial charge is 0.453 e. The van der Waals surface area contributed by atoms with E-state index in [2.05, 4.69) is 4.90 Å². The summed E-state index contributed by atoms with van der Waals surface area (Å²) in [5, 5.41) is 9.17. The van der Waals surface area contributed by atoms with E-state index in [1.54, 1.807) is 12.1 Å². The van der Waals surface area contributed by atoms with Crippen LogP contribution in [0.15, 0.2) is 34.7 Å². The molecule has 3 aliphatic rings. The van der Waals surface area contributed by atoms with Crippen molar-refractivity contribution in [3.05, 3.63) is 59.1 Å². The monoisotopic (exact) mass is 444 g/mol. The Kier molecular flexibility index (Phi) is 5.80. The van der Waals surface area contributed by atoms with E-state index >= 15 is 0 Å². The molecule has 0 bridgehead atoms. The molecule has 5 nitrogen and oxygen atoms in total. The zero-order valence-electron chi connectivity index (χ0n) is 18.2. The van der Waals surface area contributed by atoms with Crippen molar-refractivity contribution in [3.63, 3.8) is 0 Å². The summed E-state index contributed by atoms with van der Waals surface area (Å²) >= 11 is 0. The number of carbonyl (C=O) groups excluding carboxylic acids is 1. The highest BCUT2D eigenvalue weighted by Crippen LogP contribution is 2.47. The number of furan rings is 1. The topological polar surface area (TPSA) is 56.9 Å². The second kappa shape index (κ2) is 8.60. The lowest BCUT2D eigenvalue weighted by atomic mass is 9.71. The highest BCUT2D eigenvalue weighted by molar-refractivity contribution is 5.91. The van der Waals surface area contributed by atoms with Gasteiger partial charge in [-0.1, -0.05) is 6.07 Å². The summed E-state index contributed by atoms with van der Waals surface area (Å²) in [5.41, 5.74) is 0.348. The van der Waals surface area contributed by atoms with Gasteiger partial charge in [0.25, 0.3) is 5.91 Å². The predicted molar refractivity (Wildman–Crippen MR) is 115 cm³/mol. The number of amides is 1. The Balaban J connectivity index is 1.23. The van der Waals surface area contributed by atoms with Crippen LogP contribution in [-0.2, 0) is 6.61 Å². The molecule has 172 valence electrons. The number of aliphatic hydroxyl groups is 1. The molecule has 2 aromatic rings. The molecule has 1 saturated carbocycles. The Hall–Kier alpha value is -2.25. The molecular weight excluding hydrogens is 414 g/mol. The van der Waals surface area contributed by atoms with Crippen LogP contribution in [0.1, 0.15) is 72.9 Å². The number of hydrogen-bond acceptors (Lipinski definition) is 4. The summed E-state index contributed by atoms with van der Waals surface area (Å²) in [7, 11) is 0. The van der Waals surface area contributed by atoms with E-state index < -0.39 is 11.6 Å². The number of likely N-dealkylation sites (tertiary alicyclic amines) is 2. The maximum absolute atomic E-state index is 14.4. The van der Waals surface area contributed by atoms with Crippen LogP contribution in [0.3, 0.4) is 0 Å². The molecule has 7 heteroatoms. The number of halogens is 2. The minimum atomic E-state index is -0.443. The van der Waals surface area contributed by atoms with Gasteiger partial charge in [0, 0.05) is 30.7 Å². The first-order valence-corrected chi connectivity index (χ1v) is 11.7. The molecule has 1 aromatic carbocycles. The fraction of sp³-hybridized carbons (Fsp3) is 0.560. The van der Waals surface area contributed by atoms with Gasteiger partial charge < -0.3 is 14.4 Å². The molecular formula is C25H30F2N2O3. The SMILES string of the molecule is O=C(c1ccc(CO)o1)N1CCC2(CCC(N3CCC[C@@H]3c3c(F)cccc3F)CC2)C1. The summed E-state index contributed by atoms with van der Waals surface area (Å²) in [6.07, 6.45) is 6.75. The van der Waals surface area contributed by atoms with E-state index in [1.807, 2.05) is 4.90 Å². The van der Waals surface area contributed by atoms with Crippen LogP contribution in [0.2, 0.25) is 0 Å². The molecule has 1 atom stereocenters. The van der Waals surface area contributed by atoms with Crippen molar-refractivity contribution in [1.29, 1.82) is 0 Å². The number of hydrogen-bond donors (Lipinski definition) is 1. The number of benzene rings is 1. The fourth-order valence-electron chi connectivity index (χ4n) is 6.16. The molecule has 1 amide bonds. The van der Waals surface area contributed by atoms with Crippen molar-refractivity contribution < 1.29 is 23.1 Å². The zero-order chi connectivity index (χ0) is 22.3. The van der Waals surface area contributed by atoms with E-state index in [0.717, 1.165) is 58.0 Å². The average molecular weight is 445 g/mol. The number of nitrogens with zero attached hydrogens (tertiary/aromatic N) is 2. The third kappa shape index (κ3) is 3.86.